The number of furan rings is 1. The molecule has 1 amide bonds. The van der Waals surface area contributed by atoms with Crippen LogP contribution in [0.15, 0.2) is 59.2 Å². The number of benzene rings is 2. The molecule has 0 aliphatic heterocycles. The predicted molar refractivity (Wildman–Crippen MR) is 85.2 cm³/mol. The zero-order chi connectivity index (χ0) is 15.4. The van der Waals surface area contributed by atoms with E-state index in [2.05, 4.69) is 5.32 Å². The predicted octanol–water partition coefficient (Wildman–Crippen LogP) is 3.41. The molecule has 3 rings (SSSR count). The maximum absolute atomic E-state index is 12.1. The van der Waals surface area contributed by atoms with Crippen molar-refractivity contribution in [1.82, 2.24) is 5.32 Å². The van der Waals surface area contributed by atoms with Crippen LogP contribution in [-0.4, -0.2) is 19.6 Å². The highest BCUT2D eigenvalue weighted by Gasteiger charge is 2.08. The van der Waals surface area contributed by atoms with Gasteiger partial charge in [-0.05, 0) is 36.2 Å². The Labute approximate surface area is 128 Å². The number of amides is 1. The molecule has 0 radical (unpaired) electrons. The Kier molecular flexibility index (Phi) is 4.10. The van der Waals surface area contributed by atoms with E-state index in [1.165, 1.54) is 0 Å². The van der Waals surface area contributed by atoms with Crippen molar-refractivity contribution in [3.63, 3.8) is 0 Å². The molecular formula is C18H17NO3. The van der Waals surface area contributed by atoms with E-state index in [0.29, 0.717) is 17.9 Å². The smallest absolute Gasteiger partial charge is 0.251 e. The lowest BCUT2D eigenvalue weighted by molar-refractivity contribution is 0.0954. The molecule has 0 aliphatic carbocycles. The average Bonchev–Trinajstić information content (AvgIpc) is 2.98. The molecule has 1 aromatic heterocycles. The van der Waals surface area contributed by atoms with Crippen LogP contribution >= 0.6 is 0 Å². The molecule has 0 saturated carbocycles. The fraction of sp³-hybridized carbons (Fsp3) is 0.167. The van der Waals surface area contributed by atoms with E-state index in [0.717, 1.165) is 23.0 Å². The summed E-state index contributed by atoms with van der Waals surface area (Å²) < 4.78 is 10.6. The third-order valence-electron chi connectivity index (χ3n) is 3.57. The molecule has 3 aromatic rings. The number of hydrogen-bond donors (Lipinski definition) is 1. The maximum Gasteiger partial charge on any atom is 0.251 e. The van der Waals surface area contributed by atoms with Crippen molar-refractivity contribution < 1.29 is 13.9 Å². The van der Waals surface area contributed by atoms with Crippen molar-refractivity contribution in [2.45, 2.75) is 6.42 Å². The molecule has 1 heterocycles. The van der Waals surface area contributed by atoms with Crippen LogP contribution in [0.3, 0.4) is 0 Å². The average molecular weight is 295 g/mol. The molecule has 0 bridgehead atoms. The van der Waals surface area contributed by atoms with Gasteiger partial charge in [0.15, 0.2) is 0 Å². The van der Waals surface area contributed by atoms with Gasteiger partial charge in [0.1, 0.15) is 11.3 Å². The summed E-state index contributed by atoms with van der Waals surface area (Å²) >= 11 is 0. The van der Waals surface area contributed by atoms with Gasteiger partial charge in [-0.25, -0.2) is 0 Å². The Morgan fingerprint density at radius 3 is 2.91 bits per heavy atom. The van der Waals surface area contributed by atoms with Crippen molar-refractivity contribution in [2.75, 3.05) is 13.7 Å². The van der Waals surface area contributed by atoms with E-state index in [9.17, 15) is 4.79 Å². The van der Waals surface area contributed by atoms with E-state index in [1.807, 2.05) is 30.3 Å². The SMILES string of the molecule is COc1cccc(C(=O)NCCc2coc3ccccc23)c1. The Morgan fingerprint density at radius 1 is 1.18 bits per heavy atom. The summed E-state index contributed by atoms with van der Waals surface area (Å²) in [6, 6.07) is 15.0. The largest absolute Gasteiger partial charge is 0.497 e. The Bertz CT molecular complexity index is 792. The number of nitrogens with one attached hydrogen (secondary N) is 1. The number of carbonyl (C=O) groups excluding carboxylic acids is 1. The van der Waals surface area contributed by atoms with Gasteiger partial charge in [0.25, 0.3) is 5.91 Å². The molecule has 0 unspecified atom stereocenters. The van der Waals surface area contributed by atoms with Crippen LogP contribution in [0, 0.1) is 0 Å². The lowest BCUT2D eigenvalue weighted by Gasteiger charge is -2.06. The van der Waals surface area contributed by atoms with E-state index in [4.69, 9.17) is 9.15 Å². The highest BCUT2D eigenvalue weighted by Crippen LogP contribution is 2.20. The number of methoxy groups -OCH3 is 1. The van der Waals surface area contributed by atoms with Gasteiger partial charge in [0.05, 0.1) is 13.4 Å². The van der Waals surface area contributed by atoms with Crippen LogP contribution in [0.25, 0.3) is 11.0 Å². The molecule has 0 spiro atoms. The molecule has 0 atom stereocenters. The monoisotopic (exact) mass is 295 g/mol. The van der Waals surface area contributed by atoms with Gasteiger partial charge < -0.3 is 14.5 Å². The number of carbonyl (C=O) groups is 1. The molecule has 4 nitrogen and oxygen atoms in total. The van der Waals surface area contributed by atoms with Crippen molar-refractivity contribution >= 4 is 16.9 Å². The summed E-state index contributed by atoms with van der Waals surface area (Å²) in [5, 5.41) is 4.01. The van der Waals surface area contributed by atoms with Gasteiger partial charge in [-0.3, -0.25) is 4.79 Å². The lowest BCUT2D eigenvalue weighted by Crippen LogP contribution is -2.25. The third kappa shape index (κ3) is 2.96. The minimum atomic E-state index is -0.105. The first kappa shape index (κ1) is 14.2. The second-order valence-corrected chi connectivity index (χ2v) is 4.99. The molecule has 22 heavy (non-hydrogen) atoms. The summed E-state index contributed by atoms with van der Waals surface area (Å²) in [5.41, 5.74) is 2.56. The molecule has 1 N–H and O–H groups in total. The number of para-hydroxylation sites is 1. The quantitative estimate of drug-likeness (QED) is 0.784. The molecule has 0 fully saturated rings. The highest BCUT2D eigenvalue weighted by atomic mass is 16.5. The van der Waals surface area contributed by atoms with Gasteiger partial charge in [-0.1, -0.05) is 24.3 Å². The number of fused-ring (bicyclic) bond motifs is 1. The minimum Gasteiger partial charge on any atom is -0.497 e. The molecule has 2 aromatic carbocycles. The molecule has 112 valence electrons. The first-order chi connectivity index (χ1) is 10.8. The highest BCUT2D eigenvalue weighted by molar-refractivity contribution is 5.94. The summed E-state index contributed by atoms with van der Waals surface area (Å²) in [4.78, 5) is 12.1. The van der Waals surface area contributed by atoms with Crippen LogP contribution in [0.2, 0.25) is 0 Å². The first-order valence-electron chi connectivity index (χ1n) is 7.15. The Balaban J connectivity index is 1.61. The fourth-order valence-corrected chi connectivity index (χ4v) is 2.40. The van der Waals surface area contributed by atoms with Crippen LogP contribution in [0.5, 0.6) is 5.75 Å². The third-order valence-corrected chi connectivity index (χ3v) is 3.57. The summed E-state index contributed by atoms with van der Waals surface area (Å²) in [7, 11) is 1.58. The fourth-order valence-electron chi connectivity index (χ4n) is 2.40. The van der Waals surface area contributed by atoms with Gasteiger partial charge in [-0.15, -0.1) is 0 Å². The summed E-state index contributed by atoms with van der Waals surface area (Å²) in [6.45, 7) is 0.555. The van der Waals surface area contributed by atoms with Crippen molar-refractivity contribution in [2.24, 2.45) is 0 Å². The standard InChI is InChI=1S/C18H17NO3/c1-21-15-6-4-5-13(11-15)18(20)19-10-9-14-12-22-17-8-3-2-7-16(14)17/h2-8,11-12H,9-10H2,1H3,(H,19,20). The van der Waals surface area contributed by atoms with Crippen LogP contribution in [0.4, 0.5) is 0 Å². The molecule has 0 saturated heterocycles. The maximum atomic E-state index is 12.1. The van der Waals surface area contributed by atoms with E-state index < -0.39 is 0 Å². The topological polar surface area (TPSA) is 51.5 Å². The van der Waals surface area contributed by atoms with Crippen LogP contribution < -0.4 is 10.1 Å². The van der Waals surface area contributed by atoms with Crippen molar-refractivity contribution in [3.05, 3.63) is 65.9 Å². The second-order valence-electron chi connectivity index (χ2n) is 4.99. The summed E-state index contributed by atoms with van der Waals surface area (Å²) in [6.07, 6.45) is 2.48. The summed E-state index contributed by atoms with van der Waals surface area (Å²) in [5.74, 6) is 0.570. The van der Waals surface area contributed by atoms with E-state index in [1.54, 1.807) is 31.6 Å². The van der Waals surface area contributed by atoms with E-state index in [-0.39, 0.29) is 5.91 Å². The lowest BCUT2D eigenvalue weighted by atomic mass is 10.1. The van der Waals surface area contributed by atoms with Gasteiger partial charge >= 0.3 is 0 Å². The van der Waals surface area contributed by atoms with Crippen LogP contribution in [-0.2, 0) is 6.42 Å². The first-order valence-corrected chi connectivity index (χ1v) is 7.15. The number of ether oxygens (including phenoxy) is 1. The zero-order valence-electron chi connectivity index (χ0n) is 12.3. The van der Waals surface area contributed by atoms with Crippen LogP contribution in [0.1, 0.15) is 15.9 Å². The number of rotatable bonds is 5. The minimum absolute atomic E-state index is 0.105. The number of hydrogen-bond acceptors (Lipinski definition) is 3. The van der Waals surface area contributed by atoms with Gasteiger partial charge in [-0.2, -0.15) is 0 Å². The van der Waals surface area contributed by atoms with E-state index >= 15 is 0 Å². The molecule has 0 aliphatic rings. The van der Waals surface area contributed by atoms with Crippen molar-refractivity contribution in [3.8, 4) is 5.75 Å². The second kappa shape index (κ2) is 6.35. The van der Waals surface area contributed by atoms with Crippen molar-refractivity contribution in [1.29, 1.82) is 0 Å². The molecule has 4 heteroatoms. The Morgan fingerprint density at radius 2 is 2.05 bits per heavy atom. The van der Waals surface area contributed by atoms with Gasteiger partial charge in [0, 0.05) is 17.5 Å². The normalized spacial score (nSPS) is 10.6. The zero-order valence-corrected chi connectivity index (χ0v) is 12.3. The van der Waals surface area contributed by atoms with Gasteiger partial charge in [0.2, 0.25) is 0 Å². The Hall–Kier alpha value is -2.75. The molecular weight excluding hydrogens is 278 g/mol.